The molecule has 0 radical (unpaired) electrons. The van der Waals surface area contributed by atoms with Gasteiger partial charge >= 0.3 is 0 Å². The van der Waals surface area contributed by atoms with Gasteiger partial charge in [0.15, 0.2) is 0 Å². The van der Waals surface area contributed by atoms with E-state index in [0.29, 0.717) is 11.5 Å². The monoisotopic (exact) mass is 234 g/mol. The Labute approximate surface area is 101 Å². The Morgan fingerprint density at radius 2 is 2.24 bits per heavy atom. The second kappa shape index (κ2) is 5.23. The van der Waals surface area contributed by atoms with Crippen LogP contribution in [0.4, 0.5) is 0 Å². The molecule has 5 heteroatoms. The molecule has 1 amide bonds. The number of amides is 1. The largest absolute Gasteiger partial charge is 0.338 e. The van der Waals surface area contributed by atoms with Crippen LogP contribution in [-0.2, 0) is 0 Å². The maximum atomic E-state index is 12.2. The van der Waals surface area contributed by atoms with Crippen LogP contribution in [0.1, 0.15) is 30.1 Å². The highest BCUT2D eigenvalue weighted by atomic mass is 16.2. The molecule has 0 aromatic carbocycles. The summed E-state index contributed by atoms with van der Waals surface area (Å²) in [6.07, 6.45) is 6.67. The number of aromatic nitrogens is 2. The van der Waals surface area contributed by atoms with Gasteiger partial charge in [-0.1, -0.05) is 0 Å². The zero-order chi connectivity index (χ0) is 12.3. The van der Waals surface area contributed by atoms with Gasteiger partial charge < -0.3 is 10.6 Å². The van der Waals surface area contributed by atoms with E-state index in [0.717, 1.165) is 25.9 Å². The van der Waals surface area contributed by atoms with E-state index >= 15 is 0 Å². The maximum Gasteiger partial charge on any atom is 0.257 e. The molecular formula is C12H18N4O. The van der Waals surface area contributed by atoms with Crippen molar-refractivity contribution in [2.45, 2.75) is 25.8 Å². The Morgan fingerprint density at radius 1 is 1.53 bits per heavy atom. The van der Waals surface area contributed by atoms with Gasteiger partial charge in [-0.2, -0.15) is 0 Å². The molecule has 2 atom stereocenters. The number of hydrogen-bond donors (Lipinski definition) is 1. The fourth-order valence-corrected chi connectivity index (χ4v) is 2.22. The number of carbonyl (C=O) groups is 1. The summed E-state index contributed by atoms with van der Waals surface area (Å²) in [5.74, 6) is 0.410. The van der Waals surface area contributed by atoms with Crippen molar-refractivity contribution in [1.29, 1.82) is 0 Å². The molecule has 1 aromatic rings. The van der Waals surface area contributed by atoms with Gasteiger partial charge in [0.1, 0.15) is 6.33 Å². The molecule has 5 nitrogen and oxygen atoms in total. The number of likely N-dealkylation sites (tertiary alicyclic amines) is 1. The molecule has 0 saturated carbocycles. The minimum absolute atomic E-state index is 0.0101. The summed E-state index contributed by atoms with van der Waals surface area (Å²) in [6, 6.07) is 0.137. The van der Waals surface area contributed by atoms with E-state index in [1.165, 1.54) is 6.33 Å². The van der Waals surface area contributed by atoms with Gasteiger partial charge in [0.25, 0.3) is 5.91 Å². The molecule has 2 rings (SSSR count). The van der Waals surface area contributed by atoms with Crippen molar-refractivity contribution >= 4 is 5.91 Å². The van der Waals surface area contributed by atoms with Crippen molar-refractivity contribution in [3.05, 3.63) is 24.3 Å². The van der Waals surface area contributed by atoms with Crippen molar-refractivity contribution in [2.75, 3.05) is 13.1 Å². The highest BCUT2D eigenvalue weighted by Gasteiger charge is 2.26. The fraction of sp³-hybridized carbons (Fsp3) is 0.583. The summed E-state index contributed by atoms with van der Waals surface area (Å²) in [4.78, 5) is 21.8. The Morgan fingerprint density at radius 3 is 2.88 bits per heavy atom. The van der Waals surface area contributed by atoms with Gasteiger partial charge in [-0.3, -0.25) is 4.79 Å². The van der Waals surface area contributed by atoms with Gasteiger partial charge in [0.05, 0.1) is 5.56 Å². The molecule has 17 heavy (non-hydrogen) atoms. The Balaban J connectivity index is 2.05. The molecule has 1 saturated heterocycles. The minimum atomic E-state index is 0.0101. The zero-order valence-corrected chi connectivity index (χ0v) is 10.0. The molecule has 1 fully saturated rings. The van der Waals surface area contributed by atoms with E-state index in [4.69, 9.17) is 5.73 Å². The number of carbonyl (C=O) groups excluding carboxylic acids is 1. The van der Waals surface area contributed by atoms with Gasteiger partial charge in [0, 0.05) is 31.5 Å². The van der Waals surface area contributed by atoms with E-state index in [1.54, 1.807) is 12.4 Å². The summed E-state index contributed by atoms with van der Waals surface area (Å²) >= 11 is 0. The predicted molar refractivity (Wildman–Crippen MR) is 64.3 cm³/mol. The summed E-state index contributed by atoms with van der Waals surface area (Å²) in [6.45, 7) is 3.55. The summed E-state index contributed by atoms with van der Waals surface area (Å²) in [7, 11) is 0. The summed E-state index contributed by atoms with van der Waals surface area (Å²) < 4.78 is 0. The van der Waals surface area contributed by atoms with Crippen LogP contribution >= 0.6 is 0 Å². The molecule has 2 unspecified atom stereocenters. The average Bonchev–Trinajstić information content (AvgIpc) is 2.39. The first kappa shape index (κ1) is 12.0. The van der Waals surface area contributed by atoms with Crippen molar-refractivity contribution < 1.29 is 4.79 Å². The van der Waals surface area contributed by atoms with Crippen molar-refractivity contribution in [3.63, 3.8) is 0 Å². The van der Waals surface area contributed by atoms with E-state index in [2.05, 4.69) is 9.97 Å². The Bertz CT molecular complexity index is 379. The number of rotatable bonds is 2. The van der Waals surface area contributed by atoms with Crippen molar-refractivity contribution in [3.8, 4) is 0 Å². The highest BCUT2D eigenvalue weighted by Crippen LogP contribution is 2.20. The van der Waals surface area contributed by atoms with Gasteiger partial charge in [-0.05, 0) is 25.7 Å². The molecule has 0 bridgehead atoms. The second-order valence-corrected chi connectivity index (χ2v) is 4.64. The first-order chi connectivity index (χ1) is 8.18. The third-order valence-corrected chi connectivity index (χ3v) is 3.30. The molecule has 0 aliphatic carbocycles. The molecular weight excluding hydrogens is 216 g/mol. The van der Waals surface area contributed by atoms with Crippen LogP contribution in [0, 0.1) is 5.92 Å². The normalized spacial score (nSPS) is 22.2. The standard InChI is InChI=1S/C12H18N4O/c1-9(13)10-3-2-4-16(7-10)12(17)11-5-14-8-15-6-11/h5-6,8-10H,2-4,7,13H2,1H3. The van der Waals surface area contributed by atoms with Crippen LogP contribution in [0.3, 0.4) is 0 Å². The van der Waals surface area contributed by atoms with Gasteiger partial charge in [-0.15, -0.1) is 0 Å². The first-order valence-corrected chi connectivity index (χ1v) is 5.98. The molecule has 2 heterocycles. The van der Waals surface area contributed by atoms with Crippen LogP contribution in [0.2, 0.25) is 0 Å². The smallest absolute Gasteiger partial charge is 0.257 e. The summed E-state index contributed by atoms with van der Waals surface area (Å²) in [5, 5.41) is 0. The lowest BCUT2D eigenvalue weighted by atomic mass is 9.92. The van der Waals surface area contributed by atoms with E-state index in [-0.39, 0.29) is 11.9 Å². The quantitative estimate of drug-likeness (QED) is 0.816. The predicted octanol–water partition coefficient (Wildman–Crippen LogP) is 0.676. The lowest BCUT2D eigenvalue weighted by Crippen LogP contribution is -2.45. The van der Waals surface area contributed by atoms with Crippen molar-refractivity contribution in [1.82, 2.24) is 14.9 Å². The average molecular weight is 234 g/mol. The maximum absolute atomic E-state index is 12.2. The van der Waals surface area contributed by atoms with E-state index in [1.807, 2.05) is 11.8 Å². The number of hydrogen-bond acceptors (Lipinski definition) is 4. The minimum Gasteiger partial charge on any atom is -0.338 e. The third kappa shape index (κ3) is 2.79. The Kier molecular flexibility index (Phi) is 3.68. The van der Waals surface area contributed by atoms with Gasteiger partial charge in [0.2, 0.25) is 0 Å². The second-order valence-electron chi connectivity index (χ2n) is 4.64. The van der Waals surface area contributed by atoms with Crippen LogP contribution in [0.25, 0.3) is 0 Å². The van der Waals surface area contributed by atoms with Gasteiger partial charge in [-0.25, -0.2) is 9.97 Å². The van der Waals surface area contributed by atoms with E-state index in [9.17, 15) is 4.79 Å². The SMILES string of the molecule is CC(N)C1CCCN(C(=O)c2cncnc2)C1. The molecule has 92 valence electrons. The summed E-state index contributed by atoms with van der Waals surface area (Å²) in [5.41, 5.74) is 6.46. The third-order valence-electron chi connectivity index (χ3n) is 3.30. The van der Waals surface area contributed by atoms with Crippen LogP contribution in [0.5, 0.6) is 0 Å². The Hall–Kier alpha value is -1.49. The lowest BCUT2D eigenvalue weighted by molar-refractivity contribution is 0.0660. The lowest BCUT2D eigenvalue weighted by Gasteiger charge is -2.34. The van der Waals surface area contributed by atoms with Crippen LogP contribution in [-0.4, -0.2) is 39.9 Å². The van der Waals surface area contributed by atoms with Crippen LogP contribution < -0.4 is 5.73 Å². The molecule has 0 spiro atoms. The molecule has 1 aliphatic rings. The number of piperidine rings is 1. The number of nitrogens with two attached hydrogens (primary N) is 1. The molecule has 1 aromatic heterocycles. The highest BCUT2D eigenvalue weighted by molar-refractivity contribution is 5.93. The van der Waals surface area contributed by atoms with Crippen LogP contribution in [0.15, 0.2) is 18.7 Å². The fourth-order valence-electron chi connectivity index (χ4n) is 2.22. The van der Waals surface area contributed by atoms with Crippen molar-refractivity contribution in [2.24, 2.45) is 11.7 Å². The number of nitrogens with zero attached hydrogens (tertiary/aromatic N) is 3. The molecule has 2 N–H and O–H groups in total. The first-order valence-electron chi connectivity index (χ1n) is 5.98. The van der Waals surface area contributed by atoms with E-state index < -0.39 is 0 Å². The zero-order valence-electron chi connectivity index (χ0n) is 10.0. The topological polar surface area (TPSA) is 72.1 Å². The molecule has 1 aliphatic heterocycles.